The second-order valence-electron chi connectivity index (χ2n) is 4.49. The van der Waals surface area contributed by atoms with Crippen molar-refractivity contribution in [3.8, 4) is 5.69 Å². The number of nitrogens with zero attached hydrogens (tertiary/aromatic N) is 2. The molecule has 0 aliphatic carbocycles. The number of halogens is 1. The van der Waals surface area contributed by atoms with E-state index in [-0.39, 0.29) is 0 Å². The number of hydrogen-bond donors (Lipinski definition) is 2. The molecule has 0 aliphatic rings. The van der Waals surface area contributed by atoms with Crippen molar-refractivity contribution in [3.05, 3.63) is 46.7 Å². The summed E-state index contributed by atoms with van der Waals surface area (Å²) in [4.78, 5) is 11.1. The normalized spacial score (nSPS) is 10.7. The number of nitrogens with one attached hydrogen (secondary N) is 1. The Morgan fingerprint density at radius 1 is 1.50 bits per heavy atom. The van der Waals surface area contributed by atoms with Gasteiger partial charge >= 0.3 is 0 Å². The zero-order valence-corrected chi connectivity index (χ0v) is 12.0. The highest BCUT2D eigenvalue weighted by atomic mass is 35.5. The highest BCUT2D eigenvalue weighted by molar-refractivity contribution is 6.30. The minimum atomic E-state index is -0.496. The Hall–Kier alpha value is -1.85. The van der Waals surface area contributed by atoms with E-state index in [1.54, 1.807) is 10.9 Å². The minimum absolute atomic E-state index is 0.373. The summed E-state index contributed by atoms with van der Waals surface area (Å²) in [6.45, 7) is 3.77. The molecule has 0 saturated carbocycles. The Kier molecular flexibility index (Phi) is 4.76. The van der Waals surface area contributed by atoms with Gasteiger partial charge in [0.05, 0.1) is 17.4 Å². The van der Waals surface area contributed by atoms with Crippen molar-refractivity contribution in [2.75, 3.05) is 6.54 Å². The van der Waals surface area contributed by atoms with Crippen LogP contribution in [0.5, 0.6) is 0 Å². The summed E-state index contributed by atoms with van der Waals surface area (Å²) >= 11 is 6.04. The van der Waals surface area contributed by atoms with Gasteiger partial charge in [-0.05, 0) is 30.7 Å². The molecule has 0 spiro atoms. The summed E-state index contributed by atoms with van der Waals surface area (Å²) < 4.78 is 1.62. The Morgan fingerprint density at radius 2 is 2.30 bits per heavy atom. The van der Waals surface area contributed by atoms with Gasteiger partial charge in [0.1, 0.15) is 0 Å². The second-order valence-corrected chi connectivity index (χ2v) is 4.92. The summed E-state index contributed by atoms with van der Waals surface area (Å²) in [7, 11) is 0. The molecule has 0 fully saturated rings. The quantitative estimate of drug-likeness (QED) is 0.801. The maximum Gasteiger partial charge on any atom is 0.251 e. The molecule has 0 saturated heterocycles. The van der Waals surface area contributed by atoms with E-state index in [2.05, 4.69) is 17.3 Å². The van der Waals surface area contributed by atoms with E-state index < -0.39 is 5.91 Å². The first kappa shape index (κ1) is 14.6. The predicted octanol–water partition coefficient (Wildman–Crippen LogP) is 2.12. The van der Waals surface area contributed by atoms with Crippen LogP contribution >= 0.6 is 11.6 Å². The van der Waals surface area contributed by atoms with Crippen LogP contribution in [0, 0.1) is 0 Å². The highest BCUT2D eigenvalue weighted by Gasteiger charge is 2.09. The maximum absolute atomic E-state index is 11.1. The van der Waals surface area contributed by atoms with Gasteiger partial charge in [0.15, 0.2) is 0 Å². The molecule has 0 radical (unpaired) electrons. The van der Waals surface area contributed by atoms with Crippen LogP contribution in [-0.2, 0) is 6.54 Å². The molecule has 3 N–H and O–H groups in total. The fourth-order valence-corrected chi connectivity index (χ4v) is 2.05. The summed E-state index contributed by atoms with van der Waals surface area (Å²) in [5, 5.41) is 8.12. The molecular weight excluding hydrogens is 276 g/mol. The first-order valence-electron chi connectivity index (χ1n) is 6.45. The molecule has 0 unspecified atom stereocenters. The van der Waals surface area contributed by atoms with Crippen LogP contribution < -0.4 is 11.1 Å². The van der Waals surface area contributed by atoms with Crippen molar-refractivity contribution < 1.29 is 4.79 Å². The topological polar surface area (TPSA) is 72.9 Å². The molecule has 1 heterocycles. The van der Waals surface area contributed by atoms with Gasteiger partial charge in [-0.1, -0.05) is 24.6 Å². The largest absolute Gasteiger partial charge is 0.366 e. The molecule has 1 aromatic heterocycles. The molecular formula is C14H17ClN4O. The van der Waals surface area contributed by atoms with E-state index in [0.717, 1.165) is 24.2 Å². The number of aromatic nitrogens is 2. The first-order chi connectivity index (χ1) is 9.61. The molecule has 1 amide bonds. The van der Waals surface area contributed by atoms with Crippen molar-refractivity contribution in [2.45, 2.75) is 19.9 Å². The molecule has 1 aromatic carbocycles. The standard InChI is InChI=1S/C14H17ClN4O/c1-2-5-17-7-10-3-4-12(15)6-13(10)19-9-11(8-18-19)14(16)20/h3-4,6,8-9,17H,2,5,7H2,1H3,(H2,16,20). The molecule has 6 heteroatoms. The van der Waals surface area contributed by atoms with Gasteiger partial charge in [-0.25, -0.2) is 4.68 Å². The Labute approximate surface area is 122 Å². The van der Waals surface area contributed by atoms with Gasteiger partial charge in [0.2, 0.25) is 0 Å². The lowest BCUT2D eigenvalue weighted by molar-refractivity contribution is 0.100. The second kappa shape index (κ2) is 6.54. The molecule has 0 atom stereocenters. The Morgan fingerprint density at radius 3 is 2.95 bits per heavy atom. The fraction of sp³-hybridized carbons (Fsp3) is 0.286. The predicted molar refractivity (Wildman–Crippen MR) is 79.1 cm³/mol. The van der Waals surface area contributed by atoms with E-state index in [0.29, 0.717) is 17.1 Å². The average Bonchev–Trinajstić information content (AvgIpc) is 2.90. The summed E-state index contributed by atoms with van der Waals surface area (Å²) in [5.74, 6) is -0.496. The first-order valence-corrected chi connectivity index (χ1v) is 6.83. The summed E-state index contributed by atoms with van der Waals surface area (Å²) in [5.41, 5.74) is 7.51. The summed E-state index contributed by atoms with van der Waals surface area (Å²) in [6, 6.07) is 5.61. The zero-order valence-electron chi connectivity index (χ0n) is 11.3. The van der Waals surface area contributed by atoms with Crippen molar-refractivity contribution in [1.29, 1.82) is 0 Å². The number of primary amides is 1. The van der Waals surface area contributed by atoms with E-state index in [1.807, 2.05) is 18.2 Å². The highest BCUT2D eigenvalue weighted by Crippen LogP contribution is 2.20. The van der Waals surface area contributed by atoms with Crippen LogP contribution in [-0.4, -0.2) is 22.2 Å². The Balaban J connectivity index is 2.32. The van der Waals surface area contributed by atoms with Crippen molar-refractivity contribution >= 4 is 17.5 Å². The molecule has 20 heavy (non-hydrogen) atoms. The van der Waals surface area contributed by atoms with Crippen LogP contribution in [0.15, 0.2) is 30.6 Å². The molecule has 106 valence electrons. The van der Waals surface area contributed by atoms with E-state index in [9.17, 15) is 4.79 Å². The SMILES string of the molecule is CCCNCc1ccc(Cl)cc1-n1cc(C(N)=O)cn1. The fourth-order valence-electron chi connectivity index (χ4n) is 1.88. The van der Waals surface area contributed by atoms with E-state index >= 15 is 0 Å². The van der Waals surface area contributed by atoms with E-state index in [1.165, 1.54) is 6.20 Å². The molecule has 0 aliphatic heterocycles. The van der Waals surface area contributed by atoms with Crippen molar-refractivity contribution in [1.82, 2.24) is 15.1 Å². The van der Waals surface area contributed by atoms with Crippen LogP contribution in [0.25, 0.3) is 5.69 Å². The third kappa shape index (κ3) is 3.37. The maximum atomic E-state index is 11.1. The van der Waals surface area contributed by atoms with Crippen LogP contribution in [0.2, 0.25) is 5.02 Å². The van der Waals surface area contributed by atoms with Crippen molar-refractivity contribution in [3.63, 3.8) is 0 Å². The number of benzene rings is 1. The van der Waals surface area contributed by atoms with Crippen LogP contribution in [0.4, 0.5) is 0 Å². The zero-order chi connectivity index (χ0) is 14.5. The Bertz CT molecular complexity index is 609. The summed E-state index contributed by atoms with van der Waals surface area (Å²) in [6.07, 6.45) is 4.13. The van der Waals surface area contributed by atoms with Gasteiger partial charge in [-0.2, -0.15) is 5.10 Å². The van der Waals surface area contributed by atoms with Crippen LogP contribution in [0.3, 0.4) is 0 Å². The van der Waals surface area contributed by atoms with Gasteiger partial charge in [0, 0.05) is 17.8 Å². The average molecular weight is 293 g/mol. The number of rotatable bonds is 6. The molecule has 5 nitrogen and oxygen atoms in total. The van der Waals surface area contributed by atoms with Crippen LogP contribution in [0.1, 0.15) is 29.3 Å². The van der Waals surface area contributed by atoms with Gasteiger partial charge in [-0.15, -0.1) is 0 Å². The third-order valence-corrected chi connectivity index (χ3v) is 3.14. The number of hydrogen-bond acceptors (Lipinski definition) is 3. The monoisotopic (exact) mass is 292 g/mol. The van der Waals surface area contributed by atoms with E-state index in [4.69, 9.17) is 17.3 Å². The number of nitrogens with two attached hydrogens (primary N) is 1. The lowest BCUT2D eigenvalue weighted by atomic mass is 10.1. The minimum Gasteiger partial charge on any atom is -0.366 e. The van der Waals surface area contributed by atoms with Gasteiger partial charge in [-0.3, -0.25) is 4.79 Å². The lowest BCUT2D eigenvalue weighted by Gasteiger charge is -2.11. The molecule has 2 aromatic rings. The third-order valence-electron chi connectivity index (χ3n) is 2.90. The van der Waals surface area contributed by atoms with Gasteiger partial charge in [0.25, 0.3) is 5.91 Å². The number of carbonyl (C=O) groups is 1. The molecule has 0 bridgehead atoms. The smallest absolute Gasteiger partial charge is 0.251 e. The number of amides is 1. The number of carbonyl (C=O) groups excluding carboxylic acids is 1. The van der Waals surface area contributed by atoms with Crippen molar-refractivity contribution in [2.24, 2.45) is 5.73 Å². The molecule has 2 rings (SSSR count). The lowest BCUT2D eigenvalue weighted by Crippen LogP contribution is -2.15. The van der Waals surface area contributed by atoms with Gasteiger partial charge < -0.3 is 11.1 Å².